The topological polar surface area (TPSA) is 70.9 Å². The second-order valence-corrected chi connectivity index (χ2v) is 7.79. The highest BCUT2D eigenvalue weighted by Crippen LogP contribution is 2.35. The molecule has 0 unspecified atom stereocenters. The van der Waals surface area contributed by atoms with Gasteiger partial charge in [-0.15, -0.1) is 24.5 Å². The number of anilines is 1. The number of carbonyl (C=O) groups is 1. The van der Waals surface area contributed by atoms with Crippen molar-refractivity contribution in [3.05, 3.63) is 40.8 Å². The maximum atomic E-state index is 12.1. The summed E-state index contributed by atoms with van der Waals surface area (Å²) in [5.74, 6) is -1.33. The number of halogens is 4. The fourth-order valence-corrected chi connectivity index (χ4v) is 5.07. The number of benzene rings is 1. The fourth-order valence-electron chi connectivity index (χ4n) is 1.86. The van der Waals surface area contributed by atoms with Gasteiger partial charge < -0.3 is 15.2 Å². The smallest absolute Gasteiger partial charge is 0.477 e. The van der Waals surface area contributed by atoms with Gasteiger partial charge in [-0.2, -0.15) is 0 Å². The van der Waals surface area contributed by atoms with Crippen LogP contribution in [0.2, 0.25) is 0 Å². The van der Waals surface area contributed by atoms with Crippen molar-refractivity contribution in [3.63, 3.8) is 0 Å². The van der Waals surface area contributed by atoms with Gasteiger partial charge in [0.15, 0.2) is 0 Å². The molecule has 5 nitrogen and oxygen atoms in total. The minimum absolute atomic E-state index is 0.202. The summed E-state index contributed by atoms with van der Waals surface area (Å²) in [4.78, 5) is 15.7. The number of nitrogens with zero attached hydrogens (tertiary/aromatic N) is 1. The molecular weight excluding hydrogens is 460 g/mol. The second-order valence-electron chi connectivity index (χ2n) is 4.47. The average Bonchev–Trinajstić information content (AvgIpc) is 2.93. The van der Waals surface area contributed by atoms with Crippen molar-refractivity contribution in [3.8, 4) is 5.75 Å². The summed E-state index contributed by atoms with van der Waals surface area (Å²) < 4.78 is 42.8. The van der Waals surface area contributed by atoms with Crippen LogP contribution in [0.15, 0.2) is 35.3 Å². The van der Waals surface area contributed by atoms with E-state index < -0.39 is 33.1 Å². The highest BCUT2D eigenvalue weighted by Gasteiger charge is 2.31. The highest BCUT2D eigenvalue weighted by molar-refractivity contribution is 14.2. The predicted octanol–water partition coefficient (Wildman–Crippen LogP) is 4.58. The Morgan fingerprint density at radius 2 is 2.00 bits per heavy atom. The van der Waals surface area contributed by atoms with E-state index in [-0.39, 0.29) is 10.6 Å². The van der Waals surface area contributed by atoms with Gasteiger partial charge in [0.2, 0.25) is 0 Å². The van der Waals surface area contributed by atoms with Gasteiger partial charge in [0.1, 0.15) is 19.3 Å². The molecule has 0 radical (unpaired) electrons. The Morgan fingerprint density at radius 1 is 1.29 bits per heavy atom. The van der Waals surface area contributed by atoms with Crippen LogP contribution in [0, 0.1) is 0 Å². The van der Waals surface area contributed by atoms with E-state index in [1.165, 1.54) is 24.3 Å². The van der Waals surface area contributed by atoms with E-state index in [4.69, 9.17) is 5.11 Å². The molecule has 2 N–H and O–H groups in total. The van der Waals surface area contributed by atoms with Crippen molar-refractivity contribution in [2.24, 2.45) is 4.99 Å². The van der Waals surface area contributed by atoms with E-state index >= 15 is 0 Å². The number of thiophene rings is 1. The SMILES string of the molecule is O=C(O)c1cc2c(s1)NC=IC2=Nc1ccc(OC(F)(F)F)cc1. The molecule has 0 aliphatic carbocycles. The summed E-state index contributed by atoms with van der Waals surface area (Å²) >= 11 is 0.530. The normalized spacial score (nSPS) is 15.4. The summed E-state index contributed by atoms with van der Waals surface area (Å²) in [6.07, 6.45) is -4.73. The zero-order valence-corrected chi connectivity index (χ0v) is 14.6. The van der Waals surface area contributed by atoms with Gasteiger partial charge in [0, 0.05) is 9.70 Å². The Bertz CT molecular complexity index is 844. The third-order valence-electron chi connectivity index (χ3n) is 2.81. The van der Waals surface area contributed by atoms with Crippen molar-refractivity contribution in [2.75, 3.05) is 5.32 Å². The Morgan fingerprint density at radius 3 is 2.62 bits per heavy atom. The lowest BCUT2D eigenvalue weighted by Gasteiger charge is -2.10. The zero-order valence-electron chi connectivity index (χ0n) is 11.6. The van der Waals surface area contributed by atoms with E-state index in [0.717, 1.165) is 20.6 Å². The van der Waals surface area contributed by atoms with E-state index in [2.05, 4.69) is 15.0 Å². The van der Waals surface area contributed by atoms with Crippen LogP contribution in [0.1, 0.15) is 15.2 Å². The molecule has 2 aromatic rings. The van der Waals surface area contributed by atoms with Gasteiger partial charge in [-0.25, -0.2) is 9.79 Å². The molecule has 0 amide bonds. The van der Waals surface area contributed by atoms with Crippen molar-refractivity contribution in [1.82, 2.24) is 0 Å². The first kappa shape index (κ1) is 16.9. The van der Waals surface area contributed by atoms with Gasteiger partial charge in [0.25, 0.3) is 0 Å². The molecule has 126 valence electrons. The number of hydrogen-bond donors (Lipinski definition) is 2. The third-order valence-corrected chi connectivity index (χ3v) is 5.90. The number of alkyl halides is 3. The summed E-state index contributed by atoms with van der Waals surface area (Å²) in [5.41, 5.74) is 1.20. The van der Waals surface area contributed by atoms with Crippen LogP contribution < -0.4 is 10.1 Å². The number of aliphatic imine (C=N–C) groups is 1. The number of carboxylic acid groups (broad SMARTS) is 1. The van der Waals surface area contributed by atoms with E-state index in [0.29, 0.717) is 10.7 Å². The lowest BCUT2D eigenvalue weighted by Crippen LogP contribution is -2.16. The monoisotopic (exact) mass is 468 g/mol. The van der Waals surface area contributed by atoms with Crippen molar-refractivity contribution in [2.45, 2.75) is 6.36 Å². The maximum absolute atomic E-state index is 12.1. The molecule has 0 fully saturated rings. The number of nitrogens with one attached hydrogen (secondary N) is 1. The minimum atomic E-state index is -4.73. The molecule has 0 saturated carbocycles. The number of aromatic carboxylic acids is 1. The molecule has 1 aromatic carbocycles. The van der Waals surface area contributed by atoms with Gasteiger partial charge >= 0.3 is 12.3 Å². The van der Waals surface area contributed by atoms with E-state index in [1.54, 1.807) is 6.07 Å². The van der Waals surface area contributed by atoms with Crippen LogP contribution in [0.4, 0.5) is 23.9 Å². The Kier molecular flexibility index (Phi) is 4.58. The average molecular weight is 468 g/mol. The number of hydrogen-bond acceptors (Lipinski definition) is 5. The molecule has 0 saturated heterocycles. The number of fused-ring (bicyclic) bond motifs is 1. The molecule has 10 heteroatoms. The molecule has 1 aliphatic rings. The van der Waals surface area contributed by atoms with Gasteiger partial charge in [-0.05, 0) is 51.1 Å². The number of ether oxygens (including phenoxy) is 1. The van der Waals surface area contributed by atoms with Crippen LogP contribution in [0.5, 0.6) is 5.75 Å². The first-order chi connectivity index (χ1) is 11.3. The van der Waals surface area contributed by atoms with Gasteiger partial charge in [0.05, 0.1) is 5.69 Å². The number of rotatable bonds is 3. The second kappa shape index (κ2) is 6.51. The lowest BCUT2D eigenvalue weighted by molar-refractivity contribution is -0.274. The van der Waals surface area contributed by atoms with Crippen LogP contribution in [-0.4, -0.2) is 25.3 Å². The molecule has 2 heterocycles. The summed E-state index contributed by atoms with van der Waals surface area (Å²) in [7, 11) is 0. The zero-order chi connectivity index (χ0) is 17.3. The molecule has 1 aromatic heterocycles. The largest absolute Gasteiger partial charge is 0.573 e. The van der Waals surface area contributed by atoms with Crippen molar-refractivity contribution >= 4 is 56.6 Å². The van der Waals surface area contributed by atoms with Crippen molar-refractivity contribution in [1.29, 1.82) is 0 Å². The quantitative estimate of drug-likeness (QED) is 0.648. The molecule has 0 atom stereocenters. The summed E-state index contributed by atoms with van der Waals surface area (Å²) in [6, 6.07) is 6.77. The summed E-state index contributed by atoms with van der Waals surface area (Å²) in [6.45, 7) is 0. The third kappa shape index (κ3) is 3.93. The van der Waals surface area contributed by atoms with Crippen LogP contribution >= 0.6 is 32.1 Å². The van der Waals surface area contributed by atoms with Crippen LogP contribution in [0.3, 0.4) is 0 Å². The van der Waals surface area contributed by atoms with Crippen LogP contribution in [0.25, 0.3) is 0 Å². The molecular formula is C14H8F3IN2O3S. The Balaban J connectivity index is 1.88. The first-order valence-corrected chi connectivity index (χ1v) is 9.49. The molecule has 1 aliphatic heterocycles. The molecule has 24 heavy (non-hydrogen) atoms. The molecule has 0 spiro atoms. The standard InChI is InChI=1S/C14H8F3IN2O3S/c15-14(16,17)23-8-3-1-7(2-4-8)20-11-9-5-10(13(21)22)24-12(9)19-6-18-11/h1-6,19H,(H,21,22). The van der Waals surface area contributed by atoms with Crippen molar-refractivity contribution < 1.29 is 27.8 Å². The van der Waals surface area contributed by atoms with Gasteiger partial charge in [-0.1, -0.05) is 0 Å². The summed E-state index contributed by atoms with van der Waals surface area (Å²) in [5, 5.41) is 12.8. The van der Waals surface area contributed by atoms with E-state index in [9.17, 15) is 18.0 Å². The molecule has 3 rings (SSSR count). The highest BCUT2D eigenvalue weighted by atomic mass is 127. The Labute approximate surface area is 147 Å². The predicted molar refractivity (Wildman–Crippen MR) is 94.3 cm³/mol. The lowest BCUT2D eigenvalue weighted by atomic mass is 10.3. The van der Waals surface area contributed by atoms with Crippen LogP contribution in [-0.2, 0) is 0 Å². The van der Waals surface area contributed by atoms with Gasteiger partial charge in [-0.3, -0.25) is 0 Å². The minimum Gasteiger partial charge on any atom is -0.477 e. The fraction of sp³-hybridized carbons (Fsp3) is 0.0714. The molecule has 0 bridgehead atoms. The number of carboxylic acids is 1. The first-order valence-electron chi connectivity index (χ1n) is 6.35. The van der Waals surface area contributed by atoms with E-state index in [1.807, 2.05) is 4.14 Å². The maximum Gasteiger partial charge on any atom is 0.573 e. The Hall–Kier alpha value is -1.95.